The second kappa shape index (κ2) is 8.81. The van der Waals surface area contributed by atoms with Crippen LogP contribution in [0, 0.1) is 5.92 Å². The Labute approximate surface area is 191 Å². The molecule has 6 heteroatoms. The first-order chi connectivity index (χ1) is 14.6. The fraction of sp³-hybridized carbons (Fsp3) is 0.480. The van der Waals surface area contributed by atoms with Crippen LogP contribution >= 0.6 is 12.4 Å². The average Bonchev–Trinajstić information content (AvgIpc) is 3.58. The van der Waals surface area contributed by atoms with Crippen LogP contribution in [0.25, 0.3) is 0 Å². The Morgan fingerprint density at radius 2 is 1.94 bits per heavy atom. The first-order valence-corrected chi connectivity index (χ1v) is 11.1. The molecule has 31 heavy (non-hydrogen) atoms. The van der Waals surface area contributed by atoms with Gasteiger partial charge < -0.3 is 20.3 Å². The molecular formula is C25H32ClN3O2. The smallest absolute Gasteiger partial charge is 0.230 e. The van der Waals surface area contributed by atoms with E-state index < -0.39 is 0 Å². The fourth-order valence-corrected chi connectivity index (χ4v) is 5.27. The topological polar surface area (TPSA) is 53.6 Å². The lowest BCUT2D eigenvalue weighted by Crippen LogP contribution is -2.49. The molecule has 0 aromatic heterocycles. The van der Waals surface area contributed by atoms with Crippen molar-refractivity contribution >= 4 is 24.0 Å². The Kier molecular flexibility index (Phi) is 6.29. The molecule has 0 bridgehead atoms. The Bertz CT molecular complexity index is 951. The summed E-state index contributed by atoms with van der Waals surface area (Å²) in [6.07, 6.45) is 3.26. The number of nitrogens with one attached hydrogen (secondary N) is 2. The molecule has 2 aromatic rings. The number of anilines is 1. The maximum atomic E-state index is 12.5. The largest absolute Gasteiger partial charge is 0.496 e. The second-order valence-corrected chi connectivity index (χ2v) is 9.09. The van der Waals surface area contributed by atoms with Crippen LogP contribution in [-0.2, 0) is 11.3 Å². The van der Waals surface area contributed by atoms with Gasteiger partial charge in [-0.25, -0.2) is 0 Å². The van der Waals surface area contributed by atoms with Crippen LogP contribution in [0.2, 0.25) is 0 Å². The van der Waals surface area contributed by atoms with Crippen LogP contribution in [-0.4, -0.2) is 32.1 Å². The Morgan fingerprint density at radius 3 is 2.68 bits per heavy atom. The van der Waals surface area contributed by atoms with E-state index in [0.29, 0.717) is 18.0 Å². The van der Waals surface area contributed by atoms with Gasteiger partial charge in [0.25, 0.3) is 0 Å². The van der Waals surface area contributed by atoms with E-state index in [1.54, 1.807) is 7.11 Å². The minimum absolute atomic E-state index is 0. The first-order valence-electron chi connectivity index (χ1n) is 11.1. The van der Waals surface area contributed by atoms with Gasteiger partial charge in [-0.3, -0.25) is 4.79 Å². The molecule has 1 aliphatic carbocycles. The number of hydrogen-bond donors (Lipinski definition) is 2. The van der Waals surface area contributed by atoms with Gasteiger partial charge in [-0.1, -0.05) is 30.3 Å². The van der Waals surface area contributed by atoms with E-state index >= 15 is 0 Å². The first kappa shape index (κ1) is 22.1. The standard InChI is InChI=1S/C25H31N3O2.ClH/c1-15-9-10-21(24(27-15)16-7-5-4-6-8-16)26-14-17-11-22-19(13-23(17)30-3)18-12-20(18)25(29)28(22)2;/h4-8,11,13,15,18,20-21,24,26-27H,9-10,12,14H2,1-3H3;1H/t15?,18?,20-,21?,24?;/m0./s1. The molecule has 2 heterocycles. The fourth-order valence-electron chi connectivity index (χ4n) is 5.27. The van der Waals surface area contributed by atoms with Crippen molar-refractivity contribution in [3.63, 3.8) is 0 Å². The molecule has 4 unspecified atom stereocenters. The molecule has 166 valence electrons. The molecule has 1 amide bonds. The molecule has 1 saturated carbocycles. The number of amides is 1. The quantitative estimate of drug-likeness (QED) is 0.731. The number of hydrogen-bond acceptors (Lipinski definition) is 4. The summed E-state index contributed by atoms with van der Waals surface area (Å²) in [6.45, 7) is 2.98. The molecule has 2 fully saturated rings. The number of methoxy groups -OCH3 is 1. The number of ether oxygens (including phenoxy) is 1. The van der Waals surface area contributed by atoms with Gasteiger partial charge in [-0.05, 0) is 55.4 Å². The third-order valence-electron chi connectivity index (χ3n) is 7.12. The summed E-state index contributed by atoms with van der Waals surface area (Å²) < 4.78 is 5.75. The minimum atomic E-state index is 0. The third kappa shape index (κ3) is 4.07. The maximum absolute atomic E-state index is 12.5. The molecule has 3 aliphatic rings. The number of piperidine rings is 1. The lowest BCUT2D eigenvalue weighted by atomic mass is 9.89. The van der Waals surface area contributed by atoms with Crippen LogP contribution < -0.4 is 20.3 Å². The molecule has 5 rings (SSSR count). The van der Waals surface area contributed by atoms with Gasteiger partial charge in [0.2, 0.25) is 5.91 Å². The lowest BCUT2D eigenvalue weighted by molar-refractivity contribution is -0.119. The molecular weight excluding hydrogens is 410 g/mol. The number of carbonyl (C=O) groups excluding carboxylic acids is 1. The summed E-state index contributed by atoms with van der Waals surface area (Å²) in [5, 5.41) is 7.57. The SMILES string of the molecule is COc1cc2c(cc1CNC1CCC(C)NC1c1ccccc1)N(C)C(=O)[C@H]1CC21.Cl. The van der Waals surface area contributed by atoms with Crippen molar-refractivity contribution in [2.45, 2.75) is 56.8 Å². The highest BCUT2D eigenvalue weighted by molar-refractivity contribution is 6.01. The van der Waals surface area contributed by atoms with Crippen LogP contribution in [0.4, 0.5) is 5.69 Å². The lowest BCUT2D eigenvalue weighted by Gasteiger charge is -2.37. The summed E-state index contributed by atoms with van der Waals surface area (Å²) in [5.41, 5.74) is 4.74. The number of benzene rings is 2. The van der Waals surface area contributed by atoms with E-state index in [9.17, 15) is 4.79 Å². The van der Waals surface area contributed by atoms with Crippen molar-refractivity contribution < 1.29 is 9.53 Å². The van der Waals surface area contributed by atoms with E-state index in [1.165, 1.54) is 11.1 Å². The van der Waals surface area contributed by atoms with Crippen molar-refractivity contribution in [3.05, 3.63) is 59.2 Å². The Morgan fingerprint density at radius 1 is 1.16 bits per heavy atom. The normalized spacial score (nSPS) is 28.9. The van der Waals surface area contributed by atoms with Crippen LogP contribution in [0.1, 0.15) is 54.8 Å². The summed E-state index contributed by atoms with van der Waals surface area (Å²) in [6, 6.07) is 16.2. The molecule has 2 aromatic carbocycles. The van der Waals surface area contributed by atoms with Crippen molar-refractivity contribution in [1.82, 2.24) is 10.6 Å². The molecule has 2 aliphatic heterocycles. The molecule has 1 saturated heterocycles. The zero-order valence-corrected chi connectivity index (χ0v) is 19.2. The highest BCUT2D eigenvalue weighted by Gasteiger charge is 2.50. The Hall–Kier alpha value is -2.08. The molecule has 2 N–H and O–H groups in total. The minimum Gasteiger partial charge on any atom is -0.496 e. The summed E-state index contributed by atoms with van der Waals surface area (Å²) in [4.78, 5) is 14.3. The molecule has 0 radical (unpaired) electrons. The highest BCUT2D eigenvalue weighted by atomic mass is 35.5. The number of halogens is 1. The van der Waals surface area contributed by atoms with Gasteiger partial charge in [-0.2, -0.15) is 0 Å². The van der Waals surface area contributed by atoms with Crippen LogP contribution in [0.3, 0.4) is 0 Å². The number of rotatable bonds is 5. The van der Waals surface area contributed by atoms with E-state index in [-0.39, 0.29) is 30.3 Å². The van der Waals surface area contributed by atoms with Crippen molar-refractivity contribution in [2.75, 3.05) is 19.1 Å². The van der Waals surface area contributed by atoms with Gasteiger partial charge in [-0.15, -0.1) is 12.4 Å². The van der Waals surface area contributed by atoms with Gasteiger partial charge in [0, 0.05) is 48.9 Å². The van der Waals surface area contributed by atoms with Crippen molar-refractivity contribution in [3.8, 4) is 5.75 Å². The monoisotopic (exact) mass is 441 g/mol. The second-order valence-electron chi connectivity index (χ2n) is 9.09. The zero-order chi connectivity index (χ0) is 20.8. The van der Waals surface area contributed by atoms with Crippen LogP contribution in [0.15, 0.2) is 42.5 Å². The molecule has 0 spiro atoms. The van der Waals surface area contributed by atoms with Gasteiger partial charge in [0.15, 0.2) is 0 Å². The summed E-state index contributed by atoms with van der Waals surface area (Å²) in [7, 11) is 3.64. The zero-order valence-electron chi connectivity index (χ0n) is 18.4. The van der Waals surface area contributed by atoms with Gasteiger partial charge >= 0.3 is 0 Å². The highest BCUT2D eigenvalue weighted by Crippen LogP contribution is 2.56. The third-order valence-corrected chi connectivity index (χ3v) is 7.12. The number of fused-ring (bicyclic) bond motifs is 3. The number of carbonyl (C=O) groups is 1. The molecule has 5 nitrogen and oxygen atoms in total. The van der Waals surface area contributed by atoms with E-state index in [1.807, 2.05) is 11.9 Å². The predicted molar refractivity (Wildman–Crippen MR) is 126 cm³/mol. The Balaban J connectivity index is 0.00000231. The maximum Gasteiger partial charge on any atom is 0.230 e. The summed E-state index contributed by atoms with van der Waals surface area (Å²) >= 11 is 0. The van der Waals surface area contributed by atoms with Crippen LogP contribution in [0.5, 0.6) is 5.75 Å². The summed E-state index contributed by atoms with van der Waals surface area (Å²) in [5.74, 6) is 1.73. The van der Waals surface area contributed by atoms with E-state index in [4.69, 9.17) is 4.74 Å². The van der Waals surface area contributed by atoms with E-state index in [2.05, 4.69) is 60.0 Å². The molecule has 5 atom stereocenters. The van der Waals surface area contributed by atoms with Crippen molar-refractivity contribution in [1.29, 1.82) is 0 Å². The number of nitrogens with zero attached hydrogens (tertiary/aromatic N) is 1. The van der Waals surface area contributed by atoms with E-state index in [0.717, 1.165) is 42.8 Å². The van der Waals surface area contributed by atoms with Gasteiger partial charge in [0.05, 0.1) is 7.11 Å². The average molecular weight is 442 g/mol. The predicted octanol–water partition coefficient (Wildman–Crippen LogP) is 4.17. The van der Waals surface area contributed by atoms with Gasteiger partial charge in [0.1, 0.15) is 5.75 Å². The van der Waals surface area contributed by atoms with Crippen molar-refractivity contribution in [2.24, 2.45) is 5.92 Å².